The number of nitrogens with one attached hydrogen (secondary N) is 3. The first kappa shape index (κ1) is 34.0. The molecule has 1 heterocycles. The average molecular weight is 624 g/mol. The van der Waals surface area contributed by atoms with Crippen LogP contribution in [0, 0.1) is 11.6 Å². The van der Waals surface area contributed by atoms with Crippen molar-refractivity contribution in [2.75, 3.05) is 19.0 Å². The Kier molecular flexibility index (Phi) is 11.1. The van der Waals surface area contributed by atoms with Crippen LogP contribution in [0.2, 0.25) is 0 Å². The minimum atomic E-state index is -4.64. The molecule has 44 heavy (non-hydrogen) atoms. The van der Waals surface area contributed by atoms with Crippen LogP contribution in [-0.4, -0.2) is 53.4 Å². The summed E-state index contributed by atoms with van der Waals surface area (Å²) in [4.78, 5) is 39.4. The summed E-state index contributed by atoms with van der Waals surface area (Å²) in [5.41, 5.74) is 0.312. The maximum absolute atomic E-state index is 15.3. The Labute approximate surface area is 251 Å². The summed E-state index contributed by atoms with van der Waals surface area (Å²) < 4.78 is 73.5. The first-order chi connectivity index (χ1) is 20.7. The topological polar surface area (TPSA) is 114 Å². The Morgan fingerprint density at radius 3 is 2.23 bits per heavy atom. The number of halogens is 5. The molecule has 3 N–H and O–H groups in total. The zero-order valence-corrected chi connectivity index (χ0v) is 24.8. The van der Waals surface area contributed by atoms with E-state index in [1.54, 1.807) is 12.2 Å². The third-order valence-electron chi connectivity index (χ3n) is 7.00. The number of ether oxygens (including phenoxy) is 1. The van der Waals surface area contributed by atoms with Gasteiger partial charge in [-0.25, -0.2) is 8.78 Å². The Hall–Kier alpha value is -4.49. The van der Waals surface area contributed by atoms with Crippen LogP contribution >= 0.6 is 0 Å². The highest BCUT2D eigenvalue weighted by Crippen LogP contribution is 2.33. The van der Waals surface area contributed by atoms with Crippen LogP contribution in [0.25, 0.3) is 0 Å². The van der Waals surface area contributed by atoms with Crippen molar-refractivity contribution in [3.63, 3.8) is 0 Å². The fourth-order valence-electron chi connectivity index (χ4n) is 4.72. The van der Waals surface area contributed by atoms with Crippen LogP contribution in [0.4, 0.5) is 27.6 Å². The molecule has 0 spiro atoms. The lowest BCUT2D eigenvalue weighted by Crippen LogP contribution is -2.48. The van der Waals surface area contributed by atoms with Crippen molar-refractivity contribution in [2.45, 2.75) is 64.2 Å². The van der Waals surface area contributed by atoms with Crippen LogP contribution in [0.5, 0.6) is 5.75 Å². The van der Waals surface area contributed by atoms with E-state index in [4.69, 9.17) is 4.74 Å². The molecule has 0 saturated carbocycles. The molecule has 1 aromatic heterocycles. The number of benzene rings is 2. The molecule has 3 rings (SSSR count). The van der Waals surface area contributed by atoms with Crippen molar-refractivity contribution in [3.05, 3.63) is 77.1 Å². The van der Waals surface area contributed by atoms with Gasteiger partial charge in [0.15, 0.2) is 0 Å². The van der Waals surface area contributed by atoms with Gasteiger partial charge in [-0.05, 0) is 57.0 Å². The SMILES string of the molecule is CCC(c1ccc(F)cc1)[C@H](NC(=O)c1ccnn1C(C)C)C(=O)Nc1cc(OC)c(C(C)C(=O)NCC(F)(F)F)cc1F. The number of carbonyl (C=O) groups excluding carboxylic acids is 3. The fraction of sp³-hybridized carbons (Fsp3) is 0.400. The molecule has 3 atom stereocenters. The number of hydrogen-bond acceptors (Lipinski definition) is 5. The number of alkyl halides is 3. The second-order valence-corrected chi connectivity index (χ2v) is 10.4. The van der Waals surface area contributed by atoms with E-state index in [1.807, 2.05) is 13.8 Å². The lowest BCUT2D eigenvalue weighted by molar-refractivity contribution is -0.139. The summed E-state index contributed by atoms with van der Waals surface area (Å²) in [6.07, 6.45) is -2.87. The second kappa shape index (κ2) is 14.3. The quantitative estimate of drug-likeness (QED) is 0.232. The molecule has 0 saturated heterocycles. The van der Waals surface area contributed by atoms with Gasteiger partial charge in [0, 0.05) is 29.8 Å². The minimum absolute atomic E-state index is 0.0489. The highest BCUT2D eigenvalue weighted by atomic mass is 19.4. The van der Waals surface area contributed by atoms with Gasteiger partial charge in [-0.15, -0.1) is 0 Å². The predicted molar refractivity (Wildman–Crippen MR) is 152 cm³/mol. The van der Waals surface area contributed by atoms with E-state index in [1.165, 1.54) is 55.2 Å². The summed E-state index contributed by atoms with van der Waals surface area (Å²) in [7, 11) is 1.21. The lowest BCUT2D eigenvalue weighted by atomic mass is 9.88. The summed E-state index contributed by atoms with van der Waals surface area (Å²) in [5, 5.41) is 11.1. The van der Waals surface area contributed by atoms with Gasteiger partial charge < -0.3 is 20.7 Å². The van der Waals surface area contributed by atoms with Gasteiger partial charge in [0.25, 0.3) is 5.91 Å². The first-order valence-corrected chi connectivity index (χ1v) is 13.8. The number of amides is 3. The molecule has 14 heteroatoms. The Morgan fingerprint density at radius 2 is 1.66 bits per heavy atom. The third kappa shape index (κ3) is 8.32. The number of methoxy groups -OCH3 is 1. The zero-order valence-electron chi connectivity index (χ0n) is 24.8. The number of aromatic nitrogens is 2. The number of anilines is 1. The van der Waals surface area contributed by atoms with E-state index in [2.05, 4.69) is 15.7 Å². The van der Waals surface area contributed by atoms with Crippen molar-refractivity contribution in [3.8, 4) is 5.75 Å². The first-order valence-electron chi connectivity index (χ1n) is 13.8. The van der Waals surface area contributed by atoms with Crippen LogP contribution in [0.3, 0.4) is 0 Å². The molecule has 0 aliphatic carbocycles. The van der Waals surface area contributed by atoms with E-state index in [0.717, 1.165) is 12.1 Å². The van der Waals surface area contributed by atoms with Crippen molar-refractivity contribution < 1.29 is 41.1 Å². The maximum Gasteiger partial charge on any atom is 0.405 e. The molecule has 238 valence electrons. The van der Waals surface area contributed by atoms with Gasteiger partial charge in [-0.2, -0.15) is 18.3 Å². The summed E-state index contributed by atoms with van der Waals surface area (Å²) in [6, 6.07) is 7.44. The van der Waals surface area contributed by atoms with Crippen molar-refractivity contribution >= 4 is 23.4 Å². The molecular weight excluding hydrogens is 589 g/mol. The van der Waals surface area contributed by atoms with Crippen LogP contribution in [-0.2, 0) is 9.59 Å². The summed E-state index contributed by atoms with van der Waals surface area (Å²) in [5.74, 6) is -5.90. The van der Waals surface area contributed by atoms with Gasteiger partial charge in [0.1, 0.15) is 35.7 Å². The van der Waals surface area contributed by atoms with Crippen molar-refractivity contribution in [2.24, 2.45) is 0 Å². The van der Waals surface area contributed by atoms with Crippen LogP contribution in [0.1, 0.15) is 73.6 Å². The fourth-order valence-corrected chi connectivity index (χ4v) is 4.72. The van der Waals surface area contributed by atoms with Crippen LogP contribution in [0.15, 0.2) is 48.7 Å². The van der Waals surface area contributed by atoms with Gasteiger partial charge in [-0.1, -0.05) is 19.1 Å². The highest BCUT2D eigenvalue weighted by Gasteiger charge is 2.33. The molecule has 3 aromatic rings. The Morgan fingerprint density at radius 1 is 1.00 bits per heavy atom. The smallest absolute Gasteiger partial charge is 0.405 e. The number of hydrogen-bond donors (Lipinski definition) is 3. The van der Waals surface area contributed by atoms with E-state index in [9.17, 15) is 31.9 Å². The molecule has 2 unspecified atom stereocenters. The van der Waals surface area contributed by atoms with Gasteiger partial charge >= 0.3 is 6.18 Å². The molecule has 0 aliphatic rings. The Balaban J connectivity index is 1.95. The number of nitrogens with zero attached hydrogens (tertiary/aromatic N) is 2. The Bertz CT molecular complexity index is 1470. The summed E-state index contributed by atoms with van der Waals surface area (Å²) in [6.45, 7) is 5.13. The van der Waals surface area contributed by atoms with Crippen LogP contribution < -0.4 is 20.7 Å². The zero-order chi connectivity index (χ0) is 32.8. The normalized spacial score (nSPS) is 13.6. The predicted octanol–water partition coefficient (Wildman–Crippen LogP) is 5.46. The second-order valence-electron chi connectivity index (χ2n) is 10.4. The van der Waals surface area contributed by atoms with Gasteiger partial charge in [0.05, 0.1) is 18.7 Å². The minimum Gasteiger partial charge on any atom is -0.496 e. The lowest BCUT2D eigenvalue weighted by Gasteiger charge is -2.27. The molecule has 3 amide bonds. The molecule has 0 radical (unpaired) electrons. The maximum atomic E-state index is 15.3. The third-order valence-corrected chi connectivity index (χ3v) is 7.00. The molecule has 0 aliphatic heterocycles. The molecule has 0 bridgehead atoms. The van der Waals surface area contributed by atoms with E-state index in [0.29, 0.717) is 12.0 Å². The molecular formula is C30H34F5N5O4. The van der Waals surface area contributed by atoms with Gasteiger partial charge in [0.2, 0.25) is 11.8 Å². The molecule has 0 fully saturated rings. The van der Waals surface area contributed by atoms with E-state index < -0.39 is 60.0 Å². The molecule has 9 nitrogen and oxygen atoms in total. The van der Waals surface area contributed by atoms with E-state index >= 15 is 4.39 Å². The monoisotopic (exact) mass is 623 g/mol. The highest BCUT2D eigenvalue weighted by molar-refractivity contribution is 6.01. The van der Waals surface area contributed by atoms with Gasteiger partial charge in [-0.3, -0.25) is 19.1 Å². The standard InChI is InChI=1S/C30H34F5N5O4/c1-6-20(18-7-9-19(31)10-8-18)26(39-28(42)24-11-12-37-40(24)16(2)3)29(43)38-23-14-25(44-5)21(13-22(23)32)17(4)27(41)36-15-30(33,34)35/h7-14,16-17,20,26H,6,15H2,1-5H3,(H,36,41)(H,38,43)(H,39,42)/t17?,20?,26-/m0/s1. The molecule has 2 aromatic carbocycles. The number of carbonyl (C=O) groups is 3. The average Bonchev–Trinajstić information content (AvgIpc) is 3.47. The number of rotatable bonds is 12. The van der Waals surface area contributed by atoms with Crippen molar-refractivity contribution in [1.29, 1.82) is 0 Å². The van der Waals surface area contributed by atoms with E-state index in [-0.39, 0.29) is 28.7 Å². The largest absolute Gasteiger partial charge is 0.496 e. The van der Waals surface area contributed by atoms with Crippen molar-refractivity contribution in [1.82, 2.24) is 20.4 Å². The summed E-state index contributed by atoms with van der Waals surface area (Å²) >= 11 is 0.